The Bertz CT molecular complexity index is 1470. The van der Waals surface area contributed by atoms with Crippen LogP contribution >= 0.6 is 12.2 Å². The van der Waals surface area contributed by atoms with Crippen molar-refractivity contribution >= 4 is 51.7 Å². The zero-order valence-corrected chi connectivity index (χ0v) is 20.1. The molecule has 5 N–H and O–H groups in total. The summed E-state index contributed by atoms with van der Waals surface area (Å²) in [6, 6.07) is 19.1. The molecule has 0 radical (unpaired) electrons. The fourth-order valence-electron chi connectivity index (χ4n) is 3.64. The third-order valence-corrected chi connectivity index (χ3v) is 5.99. The molecule has 0 bridgehead atoms. The van der Waals surface area contributed by atoms with Crippen LogP contribution in [0, 0.1) is 12.3 Å². The maximum Gasteiger partial charge on any atom is 0.419 e. The first-order valence-electron chi connectivity index (χ1n) is 11.0. The topological polar surface area (TPSA) is 145 Å². The average molecular weight is 502 g/mol. The first-order valence-corrected chi connectivity index (χ1v) is 11.4. The summed E-state index contributed by atoms with van der Waals surface area (Å²) < 4.78 is 5.67. The molecule has 1 amide bonds. The molecule has 1 aromatic heterocycles. The molecule has 3 aromatic carbocycles. The maximum atomic E-state index is 13.0. The van der Waals surface area contributed by atoms with Gasteiger partial charge in [0.1, 0.15) is 17.4 Å². The van der Waals surface area contributed by atoms with Crippen LogP contribution in [0.25, 0.3) is 11.0 Å². The van der Waals surface area contributed by atoms with Crippen LogP contribution in [-0.4, -0.2) is 44.4 Å². The fraction of sp³-hybridized carbons (Fsp3) is 0.115. The smallest absolute Gasteiger partial charge is 0.419 e. The van der Waals surface area contributed by atoms with E-state index < -0.39 is 12.1 Å². The van der Waals surface area contributed by atoms with E-state index in [9.17, 15) is 9.59 Å². The van der Waals surface area contributed by atoms with Gasteiger partial charge < -0.3 is 20.6 Å². The van der Waals surface area contributed by atoms with E-state index in [2.05, 4.69) is 9.97 Å². The lowest BCUT2D eigenvalue weighted by atomic mass is 10.1. The summed E-state index contributed by atoms with van der Waals surface area (Å²) in [5.41, 5.74) is 9.33. The number of thiocarbonyl (C=S) groups is 1. The number of carboxylic acid groups (broad SMARTS) is 1. The lowest BCUT2D eigenvalue weighted by molar-refractivity contribution is -0.136. The molecule has 1 heterocycles. The lowest BCUT2D eigenvalue weighted by Gasteiger charge is -2.22. The van der Waals surface area contributed by atoms with E-state index in [1.165, 1.54) is 4.90 Å². The molecule has 36 heavy (non-hydrogen) atoms. The Kier molecular flexibility index (Phi) is 7.07. The van der Waals surface area contributed by atoms with Gasteiger partial charge in [0.25, 0.3) is 0 Å². The molecule has 9 nitrogen and oxygen atoms in total. The number of benzene rings is 3. The Morgan fingerprint density at radius 3 is 2.39 bits per heavy atom. The Hall–Kier alpha value is -4.57. The highest BCUT2D eigenvalue weighted by atomic mass is 32.1. The Labute approximate surface area is 212 Å². The van der Waals surface area contributed by atoms with Crippen molar-refractivity contribution in [2.45, 2.75) is 13.3 Å². The largest absolute Gasteiger partial charge is 0.481 e. The number of hydrogen-bond acceptors (Lipinski definition) is 6. The number of aliphatic carboxylic acids is 1. The van der Waals surface area contributed by atoms with Gasteiger partial charge in [-0.05, 0) is 36.8 Å². The van der Waals surface area contributed by atoms with E-state index in [1.54, 1.807) is 73.7 Å². The van der Waals surface area contributed by atoms with Crippen LogP contribution in [0.15, 0.2) is 66.7 Å². The number of nitrogen functional groups attached to an aromatic ring is 1. The van der Waals surface area contributed by atoms with E-state index in [0.29, 0.717) is 38.8 Å². The molecule has 0 saturated carbocycles. The minimum atomic E-state index is -1.02. The number of nitrogens with zero attached hydrogens (tertiary/aromatic N) is 2. The SMILES string of the molecule is Cc1c(OC(=O)N(CCC(=O)O)c2ccccc2)ccc2[nH]c(C(=S)c3ccc(C(=N)N)cc3)nc12. The van der Waals surface area contributed by atoms with Gasteiger partial charge in [0.05, 0.1) is 22.3 Å². The molecular formula is C26H23N5O4S. The Morgan fingerprint density at radius 1 is 1.08 bits per heavy atom. The van der Waals surface area contributed by atoms with E-state index in [4.69, 9.17) is 33.2 Å². The number of para-hydroxylation sites is 1. The molecule has 0 spiro atoms. The minimum absolute atomic E-state index is 0.0253. The van der Waals surface area contributed by atoms with E-state index in [0.717, 1.165) is 11.1 Å². The standard InChI is InChI=1S/C26H23N5O4S/c1-15-20(35-26(34)31(14-13-21(32)33)18-5-3-2-4-6-18)12-11-19-22(15)30-25(29-19)23(36)16-7-9-17(10-8-16)24(27)28/h2-12H,13-14H2,1H3,(H3,27,28)(H,29,30)(H,32,33). The molecule has 0 unspecified atom stereocenters. The molecule has 0 saturated heterocycles. The number of amidine groups is 1. The maximum absolute atomic E-state index is 13.0. The number of ether oxygens (including phenoxy) is 1. The summed E-state index contributed by atoms with van der Waals surface area (Å²) in [5.74, 6) is -0.256. The number of H-pyrrole nitrogens is 1. The second-order valence-corrected chi connectivity index (χ2v) is 8.40. The quantitative estimate of drug-likeness (QED) is 0.121. The third kappa shape index (κ3) is 5.23. The van der Waals surface area contributed by atoms with Crippen LogP contribution in [0.1, 0.15) is 28.9 Å². The summed E-state index contributed by atoms with van der Waals surface area (Å²) in [6.07, 6.45) is -0.919. The van der Waals surface area contributed by atoms with Gasteiger partial charge in [-0.25, -0.2) is 9.78 Å². The van der Waals surface area contributed by atoms with E-state index in [-0.39, 0.29) is 18.8 Å². The summed E-state index contributed by atoms with van der Waals surface area (Å²) in [4.78, 5) is 33.7. The lowest BCUT2D eigenvalue weighted by Crippen LogP contribution is -2.35. The number of fused-ring (bicyclic) bond motifs is 1. The van der Waals surface area contributed by atoms with Crippen molar-refractivity contribution in [1.29, 1.82) is 5.41 Å². The predicted molar refractivity (Wildman–Crippen MR) is 141 cm³/mol. The number of anilines is 1. The monoisotopic (exact) mass is 501 g/mol. The summed E-state index contributed by atoms with van der Waals surface area (Å²) in [7, 11) is 0. The van der Waals surface area contributed by atoms with Gasteiger partial charge in [-0.2, -0.15) is 0 Å². The number of imidazole rings is 1. The van der Waals surface area contributed by atoms with Gasteiger partial charge in [-0.3, -0.25) is 15.1 Å². The summed E-state index contributed by atoms with van der Waals surface area (Å²) in [5, 5.41) is 16.6. The number of carboxylic acids is 1. The van der Waals surface area contributed by atoms with Crippen molar-refractivity contribution in [1.82, 2.24) is 9.97 Å². The van der Waals surface area contributed by atoms with Crippen LogP contribution < -0.4 is 15.4 Å². The van der Waals surface area contributed by atoms with Crippen molar-refractivity contribution in [2.75, 3.05) is 11.4 Å². The zero-order valence-electron chi connectivity index (χ0n) is 19.3. The second-order valence-electron chi connectivity index (χ2n) is 7.99. The molecule has 4 aromatic rings. The minimum Gasteiger partial charge on any atom is -0.481 e. The Morgan fingerprint density at radius 2 is 1.75 bits per heavy atom. The third-order valence-electron chi connectivity index (χ3n) is 5.57. The van der Waals surface area contributed by atoms with Gasteiger partial charge in [-0.1, -0.05) is 54.7 Å². The van der Waals surface area contributed by atoms with Crippen molar-refractivity contribution in [3.05, 3.63) is 89.2 Å². The number of carbonyl (C=O) groups excluding carboxylic acids is 1. The molecule has 0 aliphatic rings. The molecule has 0 aliphatic carbocycles. The molecular weight excluding hydrogens is 478 g/mol. The van der Waals surface area contributed by atoms with Gasteiger partial charge in [0.15, 0.2) is 0 Å². The number of hydrogen-bond donors (Lipinski definition) is 4. The number of aromatic nitrogens is 2. The summed E-state index contributed by atoms with van der Waals surface area (Å²) >= 11 is 5.60. The van der Waals surface area contributed by atoms with E-state index in [1.807, 2.05) is 0 Å². The van der Waals surface area contributed by atoms with Gasteiger partial charge >= 0.3 is 12.1 Å². The van der Waals surface area contributed by atoms with Crippen LogP contribution in [-0.2, 0) is 4.79 Å². The van der Waals surface area contributed by atoms with Gasteiger partial charge in [-0.15, -0.1) is 0 Å². The van der Waals surface area contributed by atoms with Crippen LogP contribution in [0.3, 0.4) is 0 Å². The molecule has 182 valence electrons. The molecule has 0 aliphatic heterocycles. The molecule has 0 fully saturated rings. The van der Waals surface area contributed by atoms with Crippen molar-refractivity contribution in [3.8, 4) is 5.75 Å². The number of nitrogens with one attached hydrogen (secondary N) is 2. The van der Waals surface area contributed by atoms with Crippen LogP contribution in [0.2, 0.25) is 0 Å². The van der Waals surface area contributed by atoms with Crippen molar-refractivity contribution < 1.29 is 19.4 Å². The Balaban J connectivity index is 1.59. The first kappa shape index (κ1) is 24.6. The van der Waals surface area contributed by atoms with Crippen molar-refractivity contribution in [3.63, 3.8) is 0 Å². The normalized spacial score (nSPS) is 10.7. The highest BCUT2D eigenvalue weighted by molar-refractivity contribution is 7.81. The second kappa shape index (κ2) is 10.4. The number of amides is 1. The number of nitrogens with two attached hydrogens (primary N) is 1. The number of aryl methyl sites for hydroxylation is 1. The average Bonchev–Trinajstić information content (AvgIpc) is 3.31. The molecule has 4 rings (SSSR count). The van der Waals surface area contributed by atoms with E-state index >= 15 is 0 Å². The van der Waals surface area contributed by atoms with Crippen molar-refractivity contribution in [2.24, 2.45) is 5.73 Å². The highest BCUT2D eigenvalue weighted by Crippen LogP contribution is 2.28. The number of rotatable bonds is 8. The molecule has 10 heteroatoms. The summed E-state index contributed by atoms with van der Waals surface area (Å²) in [6.45, 7) is 1.74. The number of aromatic amines is 1. The fourth-order valence-corrected chi connectivity index (χ4v) is 3.87. The predicted octanol–water partition coefficient (Wildman–Crippen LogP) is 4.40. The zero-order chi connectivity index (χ0) is 25.8. The van der Waals surface area contributed by atoms with Gasteiger partial charge in [0, 0.05) is 23.4 Å². The van der Waals surface area contributed by atoms with Crippen LogP contribution in [0.4, 0.5) is 10.5 Å². The van der Waals surface area contributed by atoms with Crippen LogP contribution in [0.5, 0.6) is 5.75 Å². The highest BCUT2D eigenvalue weighted by Gasteiger charge is 2.21. The first-order chi connectivity index (χ1) is 17.2. The molecule has 0 atom stereocenters. The van der Waals surface area contributed by atoms with Gasteiger partial charge in [0.2, 0.25) is 0 Å². The number of carbonyl (C=O) groups is 2.